The van der Waals surface area contributed by atoms with E-state index >= 15 is 0 Å². The molecule has 108 valence electrons. The summed E-state index contributed by atoms with van der Waals surface area (Å²) in [6.07, 6.45) is 6.34. The third-order valence-corrected chi connectivity index (χ3v) is 2.75. The minimum Gasteiger partial charge on any atom is -0.480 e. The van der Waals surface area contributed by atoms with E-state index < -0.39 is 0 Å². The van der Waals surface area contributed by atoms with Crippen LogP contribution in [0.3, 0.4) is 0 Å². The number of rotatable bonds is 10. The Morgan fingerprint density at radius 1 is 1.16 bits per heavy atom. The number of hydrogen-bond acceptors (Lipinski definition) is 5. The fourth-order valence-electron chi connectivity index (χ4n) is 1.83. The summed E-state index contributed by atoms with van der Waals surface area (Å²) in [4.78, 5) is 8.60. The Morgan fingerprint density at radius 2 is 1.95 bits per heavy atom. The lowest BCUT2D eigenvalue weighted by Crippen LogP contribution is -2.25. The van der Waals surface area contributed by atoms with Gasteiger partial charge in [0.15, 0.2) is 0 Å². The van der Waals surface area contributed by atoms with Crippen LogP contribution in [-0.4, -0.2) is 36.8 Å². The Hall–Kier alpha value is -1.20. The topological polar surface area (TPSA) is 56.3 Å². The first kappa shape index (κ1) is 15.9. The van der Waals surface area contributed by atoms with E-state index in [2.05, 4.69) is 29.1 Å². The van der Waals surface area contributed by atoms with Gasteiger partial charge in [-0.1, -0.05) is 13.8 Å². The smallest absolute Gasteiger partial charge is 0.236 e. The van der Waals surface area contributed by atoms with Crippen molar-refractivity contribution >= 4 is 0 Å². The fraction of sp³-hybridized carbons (Fsp3) is 0.714. The standard InChI is InChI=1S/C14H25N3O2/c1-4-7-15-12(6-11-19-10-5-2)13-14(18-3)17-9-8-16-13/h8-9,12,15H,4-7,10-11H2,1-3H3. The molecule has 1 rings (SSSR count). The maximum absolute atomic E-state index is 5.56. The van der Waals surface area contributed by atoms with Gasteiger partial charge >= 0.3 is 0 Å². The molecule has 0 aliphatic carbocycles. The summed E-state index contributed by atoms with van der Waals surface area (Å²) < 4.78 is 10.8. The van der Waals surface area contributed by atoms with Crippen LogP contribution in [0.1, 0.15) is 44.8 Å². The first-order valence-corrected chi connectivity index (χ1v) is 6.99. The van der Waals surface area contributed by atoms with Crippen LogP contribution < -0.4 is 10.1 Å². The molecule has 5 nitrogen and oxygen atoms in total. The molecule has 1 atom stereocenters. The van der Waals surface area contributed by atoms with Crippen molar-refractivity contribution in [2.45, 2.75) is 39.2 Å². The molecule has 1 N–H and O–H groups in total. The van der Waals surface area contributed by atoms with Crippen molar-refractivity contribution < 1.29 is 9.47 Å². The van der Waals surface area contributed by atoms with E-state index in [0.29, 0.717) is 5.88 Å². The molecule has 0 aliphatic heterocycles. The number of hydrogen-bond donors (Lipinski definition) is 1. The lowest BCUT2D eigenvalue weighted by Gasteiger charge is -2.19. The normalized spacial score (nSPS) is 12.4. The molecule has 0 saturated heterocycles. The summed E-state index contributed by atoms with van der Waals surface area (Å²) in [5.74, 6) is 0.589. The highest BCUT2D eigenvalue weighted by atomic mass is 16.5. The molecule has 0 radical (unpaired) electrons. The highest BCUT2D eigenvalue weighted by molar-refractivity contribution is 5.21. The number of nitrogens with one attached hydrogen (secondary N) is 1. The van der Waals surface area contributed by atoms with Crippen LogP contribution in [0.15, 0.2) is 12.4 Å². The number of methoxy groups -OCH3 is 1. The summed E-state index contributed by atoms with van der Waals surface area (Å²) in [6, 6.07) is 0.125. The predicted molar refractivity (Wildman–Crippen MR) is 75.3 cm³/mol. The Labute approximate surface area is 115 Å². The van der Waals surface area contributed by atoms with Gasteiger partial charge in [-0.3, -0.25) is 4.98 Å². The second kappa shape index (κ2) is 9.69. The zero-order valence-electron chi connectivity index (χ0n) is 12.2. The second-order valence-corrected chi connectivity index (χ2v) is 4.36. The van der Waals surface area contributed by atoms with E-state index in [-0.39, 0.29) is 6.04 Å². The predicted octanol–water partition coefficient (Wildman–Crippen LogP) is 2.34. The summed E-state index contributed by atoms with van der Waals surface area (Å²) in [5.41, 5.74) is 0.860. The summed E-state index contributed by atoms with van der Waals surface area (Å²) >= 11 is 0. The van der Waals surface area contributed by atoms with Crippen molar-refractivity contribution in [3.63, 3.8) is 0 Å². The number of ether oxygens (including phenoxy) is 2. The van der Waals surface area contributed by atoms with Gasteiger partial charge in [0.25, 0.3) is 0 Å². The van der Waals surface area contributed by atoms with Gasteiger partial charge in [-0.2, -0.15) is 0 Å². The average molecular weight is 267 g/mol. The number of aromatic nitrogens is 2. The van der Waals surface area contributed by atoms with Crippen molar-refractivity contribution in [2.24, 2.45) is 0 Å². The van der Waals surface area contributed by atoms with Crippen LogP contribution in [0, 0.1) is 0 Å². The molecule has 0 aromatic carbocycles. The highest BCUT2D eigenvalue weighted by Gasteiger charge is 2.17. The first-order valence-electron chi connectivity index (χ1n) is 6.99. The lowest BCUT2D eigenvalue weighted by atomic mass is 10.1. The zero-order chi connectivity index (χ0) is 13.9. The van der Waals surface area contributed by atoms with Gasteiger partial charge in [0.05, 0.1) is 13.2 Å². The molecule has 1 unspecified atom stereocenters. The van der Waals surface area contributed by atoms with Gasteiger partial charge in [-0.25, -0.2) is 4.98 Å². The van der Waals surface area contributed by atoms with Gasteiger partial charge in [0, 0.05) is 25.6 Å². The Bertz CT molecular complexity index is 347. The molecule has 0 bridgehead atoms. The van der Waals surface area contributed by atoms with Crippen LogP contribution in [0.4, 0.5) is 0 Å². The van der Waals surface area contributed by atoms with Crippen LogP contribution in [0.5, 0.6) is 5.88 Å². The van der Waals surface area contributed by atoms with E-state index in [4.69, 9.17) is 9.47 Å². The van der Waals surface area contributed by atoms with Gasteiger partial charge < -0.3 is 14.8 Å². The highest BCUT2D eigenvalue weighted by Crippen LogP contribution is 2.22. The molecule has 0 amide bonds. The molecule has 19 heavy (non-hydrogen) atoms. The van der Waals surface area contributed by atoms with Crippen molar-refractivity contribution in [2.75, 3.05) is 26.9 Å². The van der Waals surface area contributed by atoms with Crippen LogP contribution in [0.25, 0.3) is 0 Å². The van der Waals surface area contributed by atoms with Crippen molar-refractivity contribution in [3.05, 3.63) is 18.1 Å². The Balaban J connectivity index is 2.65. The maximum Gasteiger partial charge on any atom is 0.236 e. The Kier molecular flexibility index (Phi) is 8.09. The molecule has 0 fully saturated rings. The molecule has 0 aliphatic rings. The van der Waals surface area contributed by atoms with Gasteiger partial charge in [-0.05, 0) is 25.8 Å². The average Bonchev–Trinajstić information content (AvgIpc) is 2.46. The second-order valence-electron chi connectivity index (χ2n) is 4.36. The molecule has 1 aromatic heterocycles. The van der Waals surface area contributed by atoms with Crippen molar-refractivity contribution in [3.8, 4) is 5.88 Å². The van der Waals surface area contributed by atoms with Gasteiger partial charge in [-0.15, -0.1) is 0 Å². The summed E-state index contributed by atoms with van der Waals surface area (Å²) in [6.45, 7) is 6.72. The quantitative estimate of drug-likeness (QED) is 0.659. The number of nitrogens with zero attached hydrogens (tertiary/aromatic N) is 2. The SMILES string of the molecule is CCCNC(CCOCCC)c1nccnc1OC. The molecule has 0 spiro atoms. The van der Waals surface area contributed by atoms with E-state index in [1.165, 1.54) is 0 Å². The molecule has 1 heterocycles. The zero-order valence-corrected chi connectivity index (χ0v) is 12.2. The van der Waals surface area contributed by atoms with E-state index in [0.717, 1.165) is 44.7 Å². The largest absolute Gasteiger partial charge is 0.480 e. The van der Waals surface area contributed by atoms with E-state index in [1.807, 2.05) is 0 Å². The molecular formula is C14H25N3O2. The summed E-state index contributed by atoms with van der Waals surface area (Å²) in [7, 11) is 1.62. The monoisotopic (exact) mass is 267 g/mol. The van der Waals surface area contributed by atoms with E-state index in [1.54, 1.807) is 19.5 Å². The van der Waals surface area contributed by atoms with Crippen molar-refractivity contribution in [1.82, 2.24) is 15.3 Å². The summed E-state index contributed by atoms with van der Waals surface area (Å²) in [5, 5.41) is 3.47. The minimum atomic E-state index is 0.125. The maximum atomic E-state index is 5.56. The van der Waals surface area contributed by atoms with Gasteiger partial charge in [0.2, 0.25) is 5.88 Å². The molecular weight excluding hydrogens is 242 g/mol. The minimum absolute atomic E-state index is 0.125. The lowest BCUT2D eigenvalue weighted by molar-refractivity contribution is 0.124. The van der Waals surface area contributed by atoms with Crippen LogP contribution in [-0.2, 0) is 4.74 Å². The molecule has 0 saturated carbocycles. The first-order chi connectivity index (χ1) is 9.33. The Morgan fingerprint density at radius 3 is 2.63 bits per heavy atom. The van der Waals surface area contributed by atoms with Crippen molar-refractivity contribution in [1.29, 1.82) is 0 Å². The third kappa shape index (κ3) is 5.53. The van der Waals surface area contributed by atoms with E-state index in [9.17, 15) is 0 Å². The molecule has 5 heteroatoms. The fourth-order valence-corrected chi connectivity index (χ4v) is 1.83. The molecule has 1 aromatic rings. The third-order valence-electron chi connectivity index (χ3n) is 2.75. The van der Waals surface area contributed by atoms with Crippen LogP contribution in [0.2, 0.25) is 0 Å². The van der Waals surface area contributed by atoms with Gasteiger partial charge in [0.1, 0.15) is 5.69 Å². The van der Waals surface area contributed by atoms with Crippen LogP contribution >= 0.6 is 0 Å².